The molecule has 2 aromatic heterocycles. The Labute approximate surface area is 77.2 Å². The zero-order valence-electron chi connectivity index (χ0n) is 7.64. The van der Waals surface area contributed by atoms with Crippen molar-refractivity contribution in [1.29, 1.82) is 0 Å². The summed E-state index contributed by atoms with van der Waals surface area (Å²) in [4.78, 5) is 4.17. The van der Waals surface area contributed by atoms with Gasteiger partial charge < -0.3 is 10.1 Å². The molecule has 68 valence electrons. The van der Waals surface area contributed by atoms with Gasteiger partial charge in [-0.1, -0.05) is 6.07 Å². The van der Waals surface area contributed by atoms with Gasteiger partial charge in [-0.05, 0) is 25.0 Å². The van der Waals surface area contributed by atoms with Crippen molar-refractivity contribution in [3.8, 4) is 0 Å². The number of rotatable bonds is 2. The second-order valence-electron chi connectivity index (χ2n) is 3.41. The molecular weight excluding hydrogens is 162 g/mol. The van der Waals surface area contributed by atoms with E-state index in [2.05, 4.69) is 17.2 Å². The van der Waals surface area contributed by atoms with E-state index in [1.807, 2.05) is 23.6 Å². The molecule has 0 aliphatic rings. The zero-order chi connectivity index (χ0) is 9.26. The third kappa shape index (κ3) is 1.70. The lowest BCUT2D eigenvalue weighted by Crippen LogP contribution is -2.17. The van der Waals surface area contributed by atoms with E-state index in [1.54, 1.807) is 6.20 Å². The molecule has 13 heavy (non-hydrogen) atoms. The van der Waals surface area contributed by atoms with Gasteiger partial charge in [0.15, 0.2) is 0 Å². The summed E-state index contributed by atoms with van der Waals surface area (Å²) >= 11 is 0. The van der Waals surface area contributed by atoms with E-state index in [0.717, 1.165) is 12.1 Å². The highest BCUT2D eigenvalue weighted by Gasteiger charge is 1.99. The molecule has 1 atom stereocenters. The van der Waals surface area contributed by atoms with E-state index >= 15 is 0 Å². The molecule has 0 aliphatic carbocycles. The molecule has 3 nitrogen and oxygen atoms in total. The van der Waals surface area contributed by atoms with Crippen LogP contribution in [0.5, 0.6) is 0 Å². The van der Waals surface area contributed by atoms with Crippen molar-refractivity contribution in [2.24, 2.45) is 5.73 Å². The quantitative estimate of drug-likeness (QED) is 0.745. The number of hydrogen-bond donors (Lipinski definition) is 1. The predicted molar refractivity (Wildman–Crippen MR) is 52.5 cm³/mol. The van der Waals surface area contributed by atoms with Crippen molar-refractivity contribution in [3.63, 3.8) is 0 Å². The van der Waals surface area contributed by atoms with Crippen molar-refractivity contribution >= 4 is 5.65 Å². The molecule has 2 N–H and O–H groups in total. The van der Waals surface area contributed by atoms with Gasteiger partial charge in [-0.2, -0.15) is 0 Å². The Morgan fingerprint density at radius 1 is 1.54 bits per heavy atom. The molecule has 0 aromatic carbocycles. The van der Waals surface area contributed by atoms with Crippen LogP contribution in [0.25, 0.3) is 5.65 Å². The maximum Gasteiger partial charge on any atom is 0.136 e. The predicted octanol–water partition coefficient (Wildman–Crippen LogP) is 1.22. The van der Waals surface area contributed by atoms with Crippen molar-refractivity contribution in [3.05, 3.63) is 36.3 Å². The summed E-state index contributed by atoms with van der Waals surface area (Å²) in [7, 11) is 0. The number of nitrogens with zero attached hydrogens (tertiary/aromatic N) is 2. The highest BCUT2D eigenvalue weighted by molar-refractivity contribution is 5.39. The van der Waals surface area contributed by atoms with E-state index in [1.165, 1.54) is 5.56 Å². The van der Waals surface area contributed by atoms with Gasteiger partial charge >= 0.3 is 0 Å². The topological polar surface area (TPSA) is 43.3 Å². The van der Waals surface area contributed by atoms with Crippen molar-refractivity contribution in [2.75, 3.05) is 0 Å². The number of nitrogens with two attached hydrogens (primary N) is 1. The second-order valence-corrected chi connectivity index (χ2v) is 3.41. The Morgan fingerprint density at radius 2 is 2.38 bits per heavy atom. The lowest BCUT2D eigenvalue weighted by atomic mass is 10.1. The monoisotopic (exact) mass is 175 g/mol. The van der Waals surface area contributed by atoms with Crippen LogP contribution in [0.4, 0.5) is 0 Å². The van der Waals surface area contributed by atoms with Crippen LogP contribution in [0.3, 0.4) is 0 Å². The van der Waals surface area contributed by atoms with Crippen LogP contribution >= 0.6 is 0 Å². The van der Waals surface area contributed by atoms with Gasteiger partial charge in [0.05, 0.1) is 0 Å². The molecule has 0 fully saturated rings. The minimum absolute atomic E-state index is 0.209. The van der Waals surface area contributed by atoms with E-state index in [4.69, 9.17) is 5.73 Å². The molecule has 0 radical (unpaired) electrons. The third-order valence-electron chi connectivity index (χ3n) is 2.01. The lowest BCUT2D eigenvalue weighted by Gasteiger charge is -2.05. The summed E-state index contributed by atoms with van der Waals surface area (Å²) in [6.07, 6.45) is 6.73. The van der Waals surface area contributed by atoms with Crippen molar-refractivity contribution in [2.45, 2.75) is 19.4 Å². The fourth-order valence-corrected chi connectivity index (χ4v) is 1.46. The third-order valence-corrected chi connectivity index (χ3v) is 2.01. The normalized spacial score (nSPS) is 13.4. The molecule has 3 heteroatoms. The molecule has 0 aliphatic heterocycles. The first-order chi connectivity index (χ1) is 6.25. The average molecular weight is 175 g/mol. The van der Waals surface area contributed by atoms with Crippen LogP contribution in [-0.4, -0.2) is 15.4 Å². The van der Waals surface area contributed by atoms with Crippen LogP contribution in [0.15, 0.2) is 30.7 Å². The summed E-state index contributed by atoms with van der Waals surface area (Å²) in [5.74, 6) is 0. The largest absolute Gasteiger partial charge is 0.328 e. The Morgan fingerprint density at radius 3 is 3.15 bits per heavy atom. The fourth-order valence-electron chi connectivity index (χ4n) is 1.46. The van der Waals surface area contributed by atoms with E-state index in [-0.39, 0.29) is 6.04 Å². The Balaban J connectivity index is 2.37. The van der Waals surface area contributed by atoms with Crippen LogP contribution in [0.2, 0.25) is 0 Å². The van der Waals surface area contributed by atoms with Crippen molar-refractivity contribution in [1.82, 2.24) is 9.38 Å². The summed E-state index contributed by atoms with van der Waals surface area (Å²) in [5.41, 5.74) is 7.95. The Kier molecular flexibility index (Phi) is 2.02. The Hall–Kier alpha value is -1.35. The molecule has 0 saturated carbocycles. The van der Waals surface area contributed by atoms with Crippen LogP contribution < -0.4 is 5.73 Å². The number of pyridine rings is 1. The van der Waals surface area contributed by atoms with Crippen molar-refractivity contribution < 1.29 is 0 Å². The molecule has 2 heterocycles. The molecule has 2 aromatic rings. The van der Waals surface area contributed by atoms with Crippen LogP contribution in [0, 0.1) is 0 Å². The van der Waals surface area contributed by atoms with E-state index in [9.17, 15) is 0 Å². The summed E-state index contributed by atoms with van der Waals surface area (Å²) in [5, 5.41) is 0. The first kappa shape index (κ1) is 8.26. The van der Waals surface area contributed by atoms with Gasteiger partial charge in [-0.3, -0.25) is 0 Å². The van der Waals surface area contributed by atoms with Gasteiger partial charge in [-0.25, -0.2) is 4.98 Å². The molecule has 0 bridgehead atoms. The minimum atomic E-state index is 0.209. The maximum absolute atomic E-state index is 5.72. The van der Waals surface area contributed by atoms with Gasteiger partial charge in [0, 0.05) is 24.6 Å². The average Bonchev–Trinajstić information content (AvgIpc) is 2.49. The van der Waals surface area contributed by atoms with Gasteiger partial charge in [0.2, 0.25) is 0 Å². The minimum Gasteiger partial charge on any atom is -0.328 e. The van der Waals surface area contributed by atoms with Crippen LogP contribution in [-0.2, 0) is 6.42 Å². The second kappa shape index (κ2) is 3.18. The molecule has 0 amide bonds. The van der Waals surface area contributed by atoms with Gasteiger partial charge in [-0.15, -0.1) is 0 Å². The van der Waals surface area contributed by atoms with E-state index < -0.39 is 0 Å². The van der Waals surface area contributed by atoms with Crippen LogP contribution in [0.1, 0.15) is 12.5 Å². The summed E-state index contributed by atoms with van der Waals surface area (Å²) < 4.78 is 2.01. The molecule has 0 spiro atoms. The zero-order valence-corrected chi connectivity index (χ0v) is 7.64. The summed E-state index contributed by atoms with van der Waals surface area (Å²) in [6, 6.07) is 4.30. The highest BCUT2D eigenvalue weighted by atomic mass is 15.0. The molecule has 0 saturated heterocycles. The number of aromatic nitrogens is 2. The number of imidazole rings is 1. The maximum atomic E-state index is 5.72. The molecule has 2 rings (SSSR count). The SMILES string of the molecule is CC(N)Cc1ccc2nccn2c1. The first-order valence-corrected chi connectivity index (χ1v) is 4.43. The fraction of sp³-hybridized carbons (Fsp3) is 0.300. The Bertz CT molecular complexity index is 403. The van der Waals surface area contributed by atoms with Gasteiger partial charge in [0.25, 0.3) is 0 Å². The highest BCUT2D eigenvalue weighted by Crippen LogP contribution is 2.06. The number of fused-ring (bicyclic) bond motifs is 1. The standard InChI is InChI=1S/C10H13N3/c1-8(11)6-9-2-3-10-12-4-5-13(10)7-9/h2-5,7-8H,6,11H2,1H3. The van der Waals surface area contributed by atoms with Gasteiger partial charge in [0.1, 0.15) is 5.65 Å². The van der Waals surface area contributed by atoms with E-state index in [0.29, 0.717) is 0 Å². The molecule has 1 unspecified atom stereocenters. The smallest absolute Gasteiger partial charge is 0.136 e. The number of hydrogen-bond acceptors (Lipinski definition) is 2. The molecular formula is C10H13N3. The summed E-state index contributed by atoms with van der Waals surface area (Å²) in [6.45, 7) is 2.01. The lowest BCUT2D eigenvalue weighted by molar-refractivity contribution is 0.734. The first-order valence-electron chi connectivity index (χ1n) is 4.43.